The summed E-state index contributed by atoms with van der Waals surface area (Å²) in [6.45, 7) is 1.97. The molecule has 0 radical (unpaired) electrons. The lowest BCUT2D eigenvalue weighted by atomic mass is 10.2. The number of aliphatic hydroxyl groups is 1. The Balaban J connectivity index is 2.13. The smallest absolute Gasteiger partial charge is 0.286 e. The Morgan fingerprint density at radius 1 is 1.73 bits per heavy atom. The summed E-state index contributed by atoms with van der Waals surface area (Å²) >= 11 is 0. The molecule has 1 saturated heterocycles. The summed E-state index contributed by atoms with van der Waals surface area (Å²) in [6.07, 6.45) is 2.11. The predicted octanol–water partition coefficient (Wildman–Crippen LogP) is -2.28. The Kier molecular flexibility index (Phi) is 3.02. The summed E-state index contributed by atoms with van der Waals surface area (Å²) in [5.74, 6) is 0. The van der Waals surface area contributed by atoms with Gasteiger partial charge in [0, 0.05) is 19.2 Å². The minimum atomic E-state index is 0.0178. The summed E-state index contributed by atoms with van der Waals surface area (Å²) in [5, 5.41) is 21.8. The number of hydrogen-bond donors (Lipinski definition) is 2. The second-order valence-corrected chi connectivity index (χ2v) is 3.39. The second kappa shape index (κ2) is 4.45. The number of nitrogens with one attached hydrogen (secondary N) is 1. The van der Waals surface area contributed by atoms with Crippen LogP contribution >= 0.6 is 0 Å². The van der Waals surface area contributed by atoms with Crippen LogP contribution in [0.2, 0.25) is 0 Å². The number of aliphatic hydroxyl groups excluding tert-OH is 1. The van der Waals surface area contributed by atoms with Crippen LogP contribution in [0.3, 0.4) is 0 Å². The second-order valence-electron chi connectivity index (χ2n) is 3.39. The molecule has 1 atom stereocenters. The highest BCUT2D eigenvalue weighted by Gasteiger charge is 2.23. The zero-order valence-corrected chi connectivity index (χ0v) is 8.30. The Morgan fingerprint density at radius 2 is 2.60 bits per heavy atom. The van der Waals surface area contributed by atoms with Crippen LogP contribution in [-0.2, 0) is 4.74 Å². The van der Waals surface area contributed by atoms with E-state index in [1.54, 1.807) is 0 Å². The molecular formula is C8H14N4O3. The van der Waals surface area contributed by atoms with Crippen LogP contribution in [0.25, 0.3) is 0 Å². The third-order valence-electron chi connectivity index (χ3n) is 2.38. The summed E-state index contributed by atoms with van der Waals surface area (Å²) in [4.78, 5) is 1.51. The number of morpholine rings is 1. The molecule has 1 aromatic rings. The van der Waals surface area contributed by atoms with Crippen molar-refractivity contribution in [3.05, 3.63) is 11.8 Å². The normalized spacial score (nSPS) is 21.9. The molecule has 1 aliphatic heterocycles. The molecule has 1 aliphatic rings. The summed E-state index contributed by atoms with van der Waals surface area (Å²) in [6, 6.07) is 0.0817. The molecule has 15 heavy (non-hydrogen) atoms. The number of rotatable bonds is 3. The van der Waals surface area contributed by atoms with Crippen LogP contribution in [0.5, 0.6) is 0 Å². The number of aromatic nitrogens is 2. The van der Waals surface area contributed by atoms with Crippen molar-refractivity contribution in [2.45, 2.75) is 12.5 Å². The van der Waals surface area contributed by atoms with E-state index in [4.69, 9.17) is 15.3 Å². The van der Waals surface area contributed by atoms with Gasteiger partial charge >= 0.3 is 0 Å². The Hall–Kier alpha value is -1.34. The SMILES string of the molecule is N=c1c[n+](N2CCOCC2CCO)[n-]o1. The van der Waals surface area contributed by atoms with Crippen LogP contribution in [0.15, 0.2) is 10.7 Å². The first-order chi connectivity index (χ1) is 7.31. The average molecular weight is 214 g/mol. The van der Waals surface area contributed by atoms with Crippen molar-refractivity contribution in [2.75, 3.05) is 31.4 Å². The lowest BCUT2D eigenvalue weighted by molar-refractivity contribution is -0.768. The van der Waals surface area contributed by atoms with Gasteiger partial charge in [-0.05, 0) is 11.7 Å². The minimum Gasteiger partial charge on any atom is -0.396 e. The topological polar surface area (TPSA) is 87.7 Å². The van der Waals surface area contributed by atoms with E-state index < -0.39 is 0 Å². The van der Waals surface area contributed by atoms with Crippen molar-refractivity contribution in [1.82, 2.24) is 5.27 Å². The molecule has 1 aromatic heterocycles. The zero-order chi connectivity index (χ0) is 10.7. The van der Waals surface area contributed by atoms with Gasteiger partial charge < -0.3 is 14.4 Å². The highest BCUT2D eigenvalue weighted by molar-refractivity contribution is 4.85. The highest BCUT2D eigenvalue weighted by Crippen LogP contribution is 2.04. The Bertz CT molecular complexity index is 359. The maximum Gasteiger partial charge on any atom is 0.286 e. The quantitative estimate of drug-likeness (QED) is 0.554. The molecule has 2 rings (SSSR count). The molecule has 7 heteroatoms. The van der Waals surface area contributed by atoms with E-state index in [0.717, 1.165) is 0 Å². The van der Waals surface area contributed by atoms with E-state index in [2.05, 4.69) is 9.79 Å². The molecule has 2 heterocycles. The minimum absolute atomic E-state index is 0.0178. The molecule has 7 nitrogen and oxygen atoms in total. The number of nitrogens with zero attached hydrogens (tertiary/aromatic N) is 3. The molecule has 1 unspecified atom stereocenters. The van der Waals surface area contributed by atoms with Gasteiger partial charge in [0.1, 0.15) is 0 Å². The molecule has 0 bridgehead atoms. The molecule has 84 valence electrons. The Labute approximate surface area is 86.3 Å². The van der Waals surface area contributed by atoms with E-state index >= 15 is 0 Å². The first kappa shape index (κ1) is 10.2. The monoisotopic (exact) mass is 214 g/mol. The van der Waals surface area contributed by atoms with Gasteiger partial charge in [0.15, 0.2) is 0 Å². The van der Waals surface area contributed by atoms with Crippen molar-refractivity contribution >= 4 is 0 Å². The lowest BCUT2D eigenvalue weighted by Crippen LogP contribution is -2.68. The third-order valence-corrected chi connectivity index (χ3v) is 2.38. The van der Waals surface area contributed by atoms with Crippen LogP contribution in [0.1, 0.15) is 6.42 Å². The first-order valence-electron chi connectivity index (χ1n) is 4.87. The van der Waals surface area contributed by atoms with Gasteiger partial charge in [-0.15, -0.1) is 0 Å². The molecule has 1 fully saturated rings. The van der Waals surface area contributed by atoms with E-state index in [1.165, 1.54) is 11.0 Å². The van der Waals surface area contributed by atoms with E-state index in [0.29, 0.717) is 26.2 Å². The first-order valence-corrected chi connectivity index (χ1v) is 4.87. The molecule has 0 aliphatic carbocycles. The summed E-state index contributed by atoms with van der Waals surface area (Å²) in [7, 11) is 0. The van der Waals surface area contributed by atoms with Gasteiger partial charge in [-0.3, -0.25) is 10.4 Å². The van der Waals surface area contributed by atoms with E-state index in [9.17, 15) is 0 Å². The van der Waals surface area contributed by atoms with Crippen molar-refractivity contribution in [3.63, 3.8) is 0 Å². The predicted molar refractivity (Wildman–Crippen MR) is 47.5 cm³/mol. The molecular weight excluding hydrogens is 200 g/mol. The molecule has 0 saturated carbocycles. The highest BCUT2D eigenvalue weighted by atomic mass is 16.5. The number of hydrogen-bond acceptors (Lipinski definition) is 5. The summed E-state index contributed by atoms with van der Waals surface area (Å²) in [5.41, 5.74) is 0.0178. The van der Waals surface area contributed by atoms with Gasteiger partial charge in [-0.1, -0.05) is 4.79 Å². The fourth-order valence-corrected chi connectivity index (χ4v) is 1.66. The van der Waals surface area contributed by atoms with Crippen LogP contribution in [0, 0.1) is 5.41 Å². The molecule has 2 N–H and O–H groups in total. The van der Waals surface area contributed by atoms with Gasteiger partial charge in [0.2, 0.25) is 0 Å². The van der Waals surface area contributed by atoms with E-state index in [1.807, 2.05) is 5.01 Å². The fraction of sp³-hybridized carbons (Fsp3) is 0.750. The fourth-order valence-electron chi connectivity index (χ4n) is 1.66. The van der Waals surface area contributed by atoms with Crippen LogP contribution in [-0.4, -0.2) is 37.5 Å². The van der Waals surface area contributed by atoms with Crippen molar-refractivity contribution in [1.29, 1.82) is 5.41 Å². The lowest BCUT2D eigenvalue weighted by Gasteiger charge is -2.35. The van der Waals surface area contributed by atoms with Crippen LogP contribution < -0.4 is 20.6 Å². The maximum absolute atomic E-state index is 8.92. The zero-order valence-electron chi connectivity index (χ0n) is 8.30. The molecule has 0 aromatic carbocycles. The van der Waals surface area contributed by atoms with Crippen molar-refractivity contribution in [3.8, 4) is 0 Å². The molecule has 0 spiro atoms. The van der Waals surface area contributed by atoms with Crippen molar-refractivity contribution in [2.24, 2.45) is 0 Å². The van der Waals surface area contributed by atoms with Crippen molar-refractivity contribution < 1.29 is 19.2 Å². The standard InChI is InChI=1S/C8H14N4O3/c9-8-5-12(10-15-8)11-2-4-14-6-7(11)1-3-13/h5,7,9,13H,1-4,6H2. The maximum atomic E-state index is 8.92. The largest absolute Gasteiger partial charge is 0.396 e. The van der Waals surface area contributed by atoms with E-state index in [-0.39, 0.29) is 18.2 Å². The number of ether oxygens (including phenoxy) is 1. The average Bonchev–Trinajstić information content (AvgIpc) is 2.66. The van der Waals surface area contributed by atoms with Crippen LogP contribution in [0.4, 0.5) is 0 Å². The van der Waals surface area contributed by atoms with Gasteiger partial charge in [-0.2, -0.15) is 0 Å². The molecule has 0 amide bonds. The Morgan fingerprint density at radius 3 is 3.27 bits per heavy atom. The van der Waals surface area contributed by atoms with Gasteiger partial charge in [0.25, 0.3) is 11.8 Å². The summed E-state index contributed by atoms with van der Waals surface area (Å²) < 4.78 is 10.0. The van der Waals surface area contributed by atoms with Gasteiger partial charge in [0.05, 0.1) is 13.2 Å². The van der Waals surface area contributed by atoms with Gasteiger partial charge in [-0.25, -0.2) is 0 Å². The third kappa shape index (κ3) is 2.18.